The van der Waals surface area contributed by atoms with Crippen LogP contribution in [0, 0.1) is 0 Å². The van der Waals surface area contributed by atoms with E-state index in [1.807, 2.05) is 17.5 Å². The molecule has 0 saturated heterocycles. The molecule has 0 fully saturated rings. The number of nitrogens with zero attached hydrogens (tertiary/aromatic N) is 1. The first-order valence-corrected chi connectivity index (χ1v) is 7.06. The molecule has 0 saturated carbocycles. The monoisotopic (exact) mass is 294 g/mol. The lowest BCUT2D eigenvalue weighted by atomic mass is 10.1. The highest BCUT2D eigenvalue weighted by Gasteiger charge is 2.15. The summed E-state index contributed by atoms with van der Waals surface area (Å²) >= 11 is 1.60. The quantitative estimate of drug-likeness (QED) is 0.885. The van der Waals surface area contributed by atoms with Crippen LogP contribution in [0.3, 0.4) is 0 Å². The van der Waals surface area contributed by atoms with E-state index in [9.17, 15) is 0 Å². The lowest BCUT2D eigenvalue weighted by molar-refractivity contribution is 0.324. The highest BCUT2D eigenvalue weighted by atomic mass is 32.1. The van der Waals surface area contributed by atoms with Crippen molar-refractivity contribution in [2.75, 3.05) is 27.9 Å². The first-order chi connectivity index (χ1) is 9.73. The van der Waals surface area contributed by atoms with E-state index in [4.69, 9.17) is 19.9 Å². The maximum Gasteiger partial charge on any atom is 0.203 e. The minimum absolute atomic E-state index is 0.580. The van der Waals surface area contributed by atoms with Crippen molar-refractivity contribution in [3.05, 3.63) is 22.5 Å². The number of aromatic nitrogens is 1. The second kappa shape index (κ2) is 6.58. The van der Waals surface area contributed by atoms with Crippen LogP contribution >= 0.6 is 11.3 Å². The van der Waals surface area contributed by atoms with Gasteiger partial charge >= 0.3 is 0 Å². The summed E-state index contributed by atoms with van der Waals surface area (Å²) in [6.45, 7) is 0.599. The van der Waals surface area contributed by atoms with Crippen molar-refractivity contribution >= 4 is 11.3 Å². The first kappa shape index (κ1) is 14.6. The van der Waals surface area contributed by atoms with Gasteiger partial charge in [-0.25, -0.2) is 4.98 Å². The van der Waals surface area contributed by atoms with E-state index in [1.54, 1.807) is 32.7 Å². The normalized spacial score (nSPS) is 10.4. The van der Waals surface area contributed by atoms with Gasteiger partial charge in [-0.05, 0) is 18.7 Å². The fraction of sp³-hybridized carbons (Fsp3) is 0.357. The fourth-order valence-corrected chi connectivity index (χ4v) is 2.73. The molecule has 2 N–H and O–H groups in total. The molecule has 0 radical (unpaired) electrons. The van der Waals surface area contributed by atoms with Crippen LogP contribution in [-0.4, -0.2) is 32.9 Å². The second-order valence-corrected chi connectivity index (χ2v) is 5.02. The van der Waals surface area contributed by atoms with Crippen molar-refractivity contribution in [2.24, 2.45) is 5.73 Å². The Hall–Kier alpha value is -1.79. The van der Waals surface area contributed by atoms with Gasteiger partial charge in [-0.2, -0.15) is 0 Å². The Balaban J connectivity index is 2.45. The number of hydrogen-bond donors (Lipinski definition) is 1. The smallest absolute Gasteiger partial charge is 0.203 e. The highest BCUT2D eigenvalue weighted by Crippen LogP contribution is 2.41. The molecule has 0 amide bonds. The molecule has 0 spiro atoms. The zero-order valence-corrected chi connectivity index (χ0v) is 12.6. The predicted molar refractivity (Wildman–Crippen MR) is 80.0 cm³/mol. The molecular weight excluding hydrogens is 276 g/mol. The predicted octanol–water partition coefficient (Wildman–Crippen LogP) is 2.34. The van der Waals surface area contributed by atoms with Gasteiger partial charge in [-0.3, -0.25) is 0 Å². The number of methoxy groups -OCH3 is 3. The van der Waals surface area contributed by atoms with Crippen molar-refractivity contribution < 1.29 is 14.2 Å². The first-order valence-electron chi connectivity index (χ1n) is 6.18. The van der Waals surface area contributed by atoms with E-state index in [2.05, 4.69) is 4.98 Å². The maximum absolute atomic E-state index is 5.55. The SMILES string of the molecule is COc1cc(-c2csc(CCN)n2)cc(OC)c1OC. The van der Waals surface area contributed by atoms with E-state index in [0.717, 1.165) is 22.7 Å². The number of ether oxygens (including phenoxy) is 3. The summed E-state index contributed by atoms with van der Waals surface area (Å²) in [6.07, 6.45) is 0.787. The molecule has 2 aromatic rings. The van der Waals surface area contributed by atoms with Crippen LogP contribution in [0.1, 0.15) is 5.01 Å². The van der Waals surface area contributed by atoms with Crippen LogP contribution in [0.25, 0.3) is 11.3 Å². The number of nitrogens with two attached hydrogens (primary N) is 1. The Morgan fingerprint density at radius 1 is 1.10 bits per heavy atom. The molecule has 0 atom stereocenters. The number of benzene rings is 1. The van der Waals surface area contributed by atoms with E-state index in [0.29, 0.717) is 23.8 Å². The van der Waals surface area contributed by atoms with Crippen LogP contribution in [0.2, 0.25) is 0 Å². The van der Waals surface area contributed by atoms with Gasteiger partial charge < -0.3 is 19.9 Å². The summed E-state index contributed by atoms with van der Waals surface area (Å²) < 4.78 is 16.0. The third-order valence-electron chi connectivity index (χ3n) is 2.87. The molecule has 5 nitrogen and oxygen atoms in total. The fourth-order valence-electron chi connectivity index (χ4n) is 1.91. The highest BCUT2D eigenvalue weighted by molar-refractivity contribution is 7.09. The van der Waals surface area contributed by atoms with Gasteiger partial charge in [0.2, 0.25) is 5.75 Å². The summed E-state index contributed by atoms with van der Waals surface area (Å²) in [6, 6.07) is 3.78. The summed E-state index contributed by atoms with van der Waals surface area (Å²) in [5.74, 6) is 1.82. The number of rotatable bonds is 6. The Labute approximate surface area is 122 Å². The average Bonchev–Trinajstić information content (AvgIpc) is 2.94. The van der Waals surface area contributed by atoms with Gasteiger partial charge in [0, 0.05) is 17.4 Å². The van der Waals surface area contributed by atoms with Crippen molar-refractivity contribution in [2.45, 2.75) is 6.42 Å². The molecule has 20 heavy (non-hydrogen) atoms. The summed E-state index contributed by atoms with van der Waals surface area (Å²) in [7, 11) is 4.78. The molecule has 1 aromatic heterocycles. The molecule has 1 heterocycles. The third-order valence-corrected chi connectivity index (χ3v) is 3.78. The van der Waals surface area contributed by atoms with Gasteiger partial charge in [-0.15, -0.1) is 11.3 Å². The summed E-state index contributed by atoms with van der Waals surface area (Å²) in [4.78, 5) is 4.56. The van der Waals surface area contributed by atoms with Gasteiger partial charge in [0.05, 0.1) is 32.0 Å². The van der Waals surface area contributed by atoms with E-state index < -0.39 is 0 Å². The van der Waals surface area contributed by atoms with E-state index in [1.165, 1.54) is 0 Å². The molecular formula is C14H18N2O3S. The van der Waals surface area contributed by atoms with Gasteiger partial charge in [-0.1, -0.05) is 0 Å². The molecule has 0 bridgehead atoms. The molecule has 108 valence electrons. The van der Waals surface area contributed by atoms with Crippen molar-refractivity contribution in [1.29, 1.82) is 0 Å². The van der Waals surface area contributed by atoms with Gasteiger partial charge in [0.15, 0.2) is 11.5 Å². The number of hydrogen-bond acceptors (Lipinski definition) is 6. The molecule has 6 heteroatoms. The van der Waals surface area contributed by atoms with Crippen LogP contribution in [0.4, 0.5) is 0 Å². The topological polar surface area (TPSA) is 66.6 Å². The van der Waals surface area contributed by atoms with Crippen LogP contribution < -0.4 is 19.9 Å². The van der Waals surface area contributed by atoms with E-state index in [-0.39, 0.29) is 0 Å². The minimum Gasteiger partial charge on any atom is -0.493 e. The number of thiazole rings is 1. The minimum atomic E-state index is 0.580. The summed E-state index contributed by atoms with van der Waals surface area (Å²) in [5.41, 5.74) is 7.36. The van der Waals surface area contributed by atoms with Crippen LogP contribution in [0.5, 0.6) is 17.2 Å². The zero-order chi connectivity index (χ0) is 14.5. The molecule has 0 aliphatic carbocycles. The molecule has 2 rings (SSSR count). The molecule has 0 aliphatic heterocycles. The van der Waals surface area contributed by atoms with Crippen LogP contribution in [-0.2, 0) is 6.42 Å². The second-order valence-electron chi connectivity index (χ2n) is 4.08. The van der Waals surface area contributed by atoms with Crippen molar-refractivity contribution in [3.8, 4) is 28.5 Å². The van der Waals surface area contributed by atoms with E-state index >= 15 is 0 Å². The van der Waals surface area contributed by atoms with Crippen molar-refractivity contribution in [1.82, 2.24) is 4.98 Å². The zero-order valence-electron chi connectivity index (χ0n) is 11.8. The molecule has 1 aromatic carbocycles. The molecule has 0 aliphatic rings. The Kier molecular flexibility index (Phi) is 4.81. The van der Waals surface area contributed by atoms with Gasteiger partial charge in [0.1, 0.15) is 0 Å². The standard InChI is InChI=1S/C14H18N2O3S/c1-17-11-6-9(7-12(18-2)14(11)19-3)10-8-20-13(16-10)4-5-15/h6-8H,4-5,15H2,1-3H3. The van der Waals surface area contributed by atoms with Crippen LogP contribution in [0.15, 0.2) is 17.5 Å². The largest absolute Gasteiger partial charge is 0.493 e. The maximum atomic E-state index is 5.55. The van der Waals surface area contributed by atoms with Crippen molar-refractivity contribution in [3.63, 3.8) is 0 Å². The Morgan fingerprint density at radius 3 is 2.25 bits per heavy atom. The Bertz CT molecular complexity index is 559. The van der Waals surface area contributed by atoms with Gasteiger partial charge in [0.25, 0.3) is 0 Å². The molecule has 0 unspecified atom stereocenters. The average molecular weight is 294 g/mol. The Morgan fingerprint density at radius 2 is 1.75 bits per heavy atom. The third kappa shape index (κ3) is 2.86. The lowest BCUT2D eigenvalue weighted by Crippen LogP contribution is -2.02. The lowest BCUT2D eigenvalue weighted by Gasteiger charge is -2.13. The summed E-state index contributed by atoms with van der Waals surface area (Å²) in [5, 5.41) is 3.03.